The minimum Gasteiger partial charge on any atom is -0.379 e. The van der Waals surface area contributed by atoms with E-state index in [1.165, 1.54) is 11.0 Å². The van der Waals surface area contributed by atoms with Gasteiger partial charge in [-0.1, -0.05) is 0 Å². The summed E-state index contributed by atoms with van der Waals surface area (Å²) in [6.45, 7) is 1.02. The van der Waals surface area contributed by atoms with Crippen LogP contribution in [0.5, 0.6) is 0 Å². The number of rotatable bonds is 4. The normalized spacial score (nSPS) is 21.6. The molecule has 23 heavy (non-hydrogen) atoms. The molecule has 1 amide bonds. The van der Waals surface area contributed by atoms with Gasteiger partial charge in [0.1, 0.15) is 5.82 Å². The number of amides is 1. The van der Waals surface area contributed by atoms with Crippen LogP contribution in [0.15, 0.2) is 18.3 Å². The Bertz CT molecular complexity index is 546. The van der Waals surface area contributed by atoms with Crippen molar-refractivity contribution in [2.24, 2.45) is 5.92 Å². The molecule has 0 spiro atoms. The maximum atomic E-state index is 12.6. The molecule has 0 aliphatic carbocycles. The van der Waals surface area contributed by atoms with Gasteiger partial charge in [-0.2, -0.15) is 13.2 Å². The predicted molar refractivity (Wildman–Crippen MR) is 79.1 cm³/mol. The number of ether oxygens (including phenoxy) is 1. The number of methoxy groups -OCH3 is 1. The fourth-order valence-corrected chi connectivity index (χ4v) is 2.64. The number of carbonyl (C=O) groups excluding carboxylic acids is 1. The van der Waals surface area contributed by atoms with E-state index in [1.807, 2.05) is 4.90 Å². The highest BCUT2D eigenvalue weighted by Gasteiger charge is 2.36. The van der Waals surface area contributed by atoms with E-state index in [2.05, 4.69) is 4.98 Å². The topological polar surface area (TPSA) is 45.7 Å². The Kier molecular flexibility index (Phi) is 5.13. The van der Waals surface area contributed by atoms with Crippen molar-refractivity contribution in [1.29, 1.82) is 0 Å². The van der Waals surface area contributed by atoms with Crippen LogP contribution in [0.2, 0.25) is 0 Å². The first-order valence-corrected chi connectivity index (χ1v) is 7.23. The maximum Gasteiger partial charge on any atom is 0.417 e. The average Bonchev–Trinajstić information content (AvgIpc) is 2.89. The van der Waals surface area contributed by atoms with Gasteiger partial charge < -0.3 is 14.5 Å². The summed E-state index contributed by atoms with van der Waals surface area (Å²) in [4.78, 5) is 19.1. The Balaban J connectivity index is 2.08. The third kappa shape index (κ3) is 4.13. The molecule has 128 valence electrons. The molecule has 0 N–H and O–H groups in total. The van der Waals surface area contributed by atoms with Gasteiger partial charge in [-0.3, -0.25) is 4.79 Å². The summed E-state index contributed by atoms with van der Waals surface area (Å²) in [6, 6.07) is 2.37. The summed E-state index contributed by atoms with van der Waals surface area (Å²) >= 11 is 0. The zero-order chi connectivity index (χ0) is 17.2. The number of anilines is 1. The van der Waals surface area contributed by atoms with Crippen molar-refractivity contribution in [1.82, 2.24) is 9.88 Å². The fourth-order valence-electron chi connectivity index (χ4n) is 2.64. The molecule has 0 unspecified atom stereocenters. The van der Waals surface area contributed by atoms with Crippen molar-refractivity contribution in [2.45, 2.75) is 18.7 Å². The Hall–Kier alpha value is -1.83. The monoisotopic (exact) mass is 331 g/mol. The minimum absolute atomic E-state index is 0.000668. The molecule has 0 saturated carbocycles. The van der Waals surface area contributed by atoms with Crippen LogP contribution in [-0.4, -0.2) is 56.2 Å². The maximum absolute atomic E-state index is 12.6. The zero-order valence-electron chi connectivity index (χ0n) is 13.3. The molecule has 1 saturated heterocycles. The smallest absolute Gasteiger partial charge is 0.379 e. The van der Waals surface area contributed by atoms with Gasteiger partial charge in [-0.25, -0.2) is 4.98 Å². The SMILES string of the molecule is CO[C@H]1CN(c2ccc(C(F)(F)F)cn2)C[C@H]1CC(=O)N(C)C. The molecule has 2 heterocycles. The summed E-state index contributed by atoms with van der Waals surface area (Å²) < 4.78 is 43.2. The molecular formula is C15H20F3N3O2. The lowest BCUT2D eigenvalue weighted by atomic mass is 10.0. The fraction of sp³-hybridized carbons (Fsp3) is 0.600. The number of aromatic nitrogens is 1. The van der Waals surface area contributed by atoms with Crippen LogP contribution >= 0.6 is 0 Å². The molecule has 1 aromatic heterocycles. The van der Waals surface area contributed by atoms with Crippen molar-refractivity contribution in [3.05, 3.63) is 23.9 Å². The molecule has 1 fully saturated rings. The van der Waals surface area contributed by atoms with Gasteiger partial charge in [0.25, 0.3) is 0 Å². The van der Waals surface area contributed by atoms with Crippen LogP contribution in [0.1, 0.15) is 12.0 Å². The Morgan fingerprint density at radius 3 is 2.57 bits per heavy atom. The zero-order valence-corrected chi connectivity index (χ0v) is 13.3. The van der Waals surface area contributed by atoms with Crippen molar-refractivity contribution >= 4 is 11.7 Å². The third-order valence-corrected chi connectivity index (χ3v) is 4.02. The van der Waals surface area contributed by atoms with Crippen LogP contribution in [0.4, 0.5) is 19.0 Å². The van der Waals surface area contributed by atoms with Crippen LogP contribution in [-0.2, 0) is 15.7 Å². The van der Waals surface area contributed by atoms with Crippen molar-refractivity contribution < 1.29 is 22.7 Å². The number of hydrogen-bond donors (Lipinski definition) is 0. The summed E-state index contributed by atoms with van der Waals surface area (Å²) in [7, 11) is 4.95. The molecule has 1 aromatic rings. The van der Waals surface area contributed by atoms with Gasteiger partial charge in [0.05, 0.1) is 11.7 Å². The Morgan fingerprint density at radius 1 is 1.39 bits per heavy atom. The standard InChI is InChI=1S/C15H20F3N3O2/c1-20(2)14(22)6-10-8-21(9-12(10)23-3)13-5-4-11(7-19-13)15(16,17)18/h4-5,7,10,12H,6,8-9H2,1-3H3/t10-,12+/m1/s1. The van der Waals surface area contributed by atoms with Gasteiger partial charge in [0.2, 0.25) is 5.91 Å². The largest absolute Gasteiger partial charge is 0.417 e. The summed E-state index contributed by atoms with van der Waals surface area (Å²) in [6.07, 6.45) is -3.38. The second-order valence-electron chi connectivity index (χ2n) is 5.83. The number of alkyl halides is 3. The second-order valence-corrected chi connectivity index (χ2v) is 5.83. The van der Waals surface area contributed by atoms with Gasteiger partial charge in [0.15, 0.2) is 0 Å². The van der Waals surface area contributed by atoms with Gasteiger partial charge >= 0.3 is 6.18 Å². The first-order valence-electron chi connectivity index (χ1n) is 7.23. The lowest BCUT2D eigenvalue weighted by molar-refractivity contribution is -0.137. The van der Waals surface area contributed by atoms with Crippen LogP contribution in [0.25, 0.3) is 0 Å². The van der Waals surface area contributed by atoms with Crippen molar-refractivity contribution in [3.63, 3.8) is 0 Å². The average molecular weight is 331 g/mol. The number of hydrogen-bond acceptors (Lipinski definition) is 4. The Labute approximate surface area is 133 Å². The summed E-state index contributed by atoms with van der Waals surface area (Å²) in [5, 5.41) is 0. The van der Waals surface area contributed by atoms with E-state index in [0.717, 1.165) is 12.3 Å². The molecular weight excluding hydrogens is 311 g/mol. The number of pyridine rings is 1. The van der Waals surface area contributed by atoms with Crippen molar-refractivity contribution in [2.75, 3.05) is 39.2 Å². The van der Waals surface area contributed by atoms with E-state index < -0.39 is 11.7 Å². The highest BCUT2D eigenvalue weighted by molar-refractivity contribution is 5.76. The van der Waals surface area contributed by atoms with E-state index in [4.69, 9.17) is 4.74 Å². The van der Waals surface area contributed by atoms with Gasteiger partial charge in [-0.15, -0.1) is 0 Å². The molecule has 1 aliphatic rings. The quantitative estimate of drug-likeness (QED) is 0.847. The van der Waals surface area contributed by atoms with E-state index in [9.17, 15) is 18.0 Å². The molecule has 0 aromatic carbocycles. The number of halogens is 3. The van der Waals surface area contributed by atoms with E-state index in [1.54, 1.807) is 21.2 Å². The molecule has 8 heteroatoms. The molecule has 2 rings (SSSR count). The minimum atomic E-state index is -4.40. The van der Waals surface area contributed by atoms with Crippen molar-refractivity contribution in [3.8, 4) is 0 Å². The third-order valence-electron chi connectivity index (χ3n) is 4.02. The highest BCUT2D eigenvalue weighted by Crippen LogP contribution is 2.31. The first kappa shape index (κ1) is 17.5. The van der Waals surface area contributed by atoms with E-state index >= 15 is 0 Å². The van der Waals surface area contributed by atoms with E-state index in [0.29, 0.717) is 25.3 Å². The van der Waals surface area contributed by atoms with E-state index in [-0.39, 0.29) is 17.9 Å². The van der Waals surface area contributed by atoms with Crippen LogP contribution < -0.4 is 4.90 Å². The highest BCUT2D eigenvalue weighted by atomic mass is 19.4. The van der Waals surface area contributed by atoms with Crippen LogP contribution in [0, 0.1) is 5.92 Å². The molecule has 0 bridgehead atoms. The second kappa shape index (κ2) is 6.74. The molecule has 1 aliphatic heterocycles. The lowest BCUT2D eigenvalue weighted by Gasteiger charge is -2.18. The first-order chi connectivity index (χ1) is 10.7. The van der Waals surface area contributed by atoms with Gasteiger partial charge in [-0.05, 0) is 12.1 Å². The summed E-state index contributed by atoms with van der Waals surface area (Å²) in [5.74, 6) is 0.443. The predicted octanol–water partition coefficient (Wildman–Crippen LogP) is 2.03. The number of carbonyl (C=O) groups is 1. The lowest BCUT2D eigenvalue weighted by Crippen LogP contribution is -2.29. The molecule has 2 atom stereocenters. The summed E-state index contributed by atoms with van der Waals surface area (Å²) in [5.41, 5.74) is -0.775. The molecule has 5 nitrogen and oxygen atoms in total. The molecule has 0 radical (unpaired) electrons. The Morgan fingerprint density at radius 2 is 2.09 bits per heavy atom. The van der Waals surface area contributed by atoms with Gasteiger partial charge in [0, 0.05) is 52.8 Å². The number of nitrogens with zero attached hydrogens (tertiary/aromatic N) is 3. The van der Waals surface area contributed by atoms with Crippen LogP contribution in [0.3, 0.4) is 0 Å².